The second-order valence-corrected chi connectivity index (χ2v) is 4.33. The zero-order chi connectivity index (χ0) is 10.3. The molecule has 2 heterocycles. The summed E-state index contributed by atoms with van der Waals surface area (Å²) in [6, 6.07) is 3.01. The molecule has 0 spiro atoms. The van der Waals surface area contributed by atoms with E-state index in [0.717, 1.165) is 24.5 Å². The fourth-order valence-electron chi connectivity index (χ4n) is 2.17. The Labute approximate surface area is 84.7 Å². The van der Waals surface area contributed by atoms with Crippen LogP contribution in [-0.4, -0.2) is 34.3 Å². The van der Waals surface area contributed by atoms with Gasteiger partial charge in [-0.2, -0.15) is 5.10 Å². The van der Waals surface area contributed by atoms with Crippen LogP contribution in [-0.2, 0) is 0 Å². The second kappa shape index (κ2) is 3.28. The topological polar surface area (TPSA) is 47.1 Å². The van der Waals surface area contributed by atoms with Gasteiger partial charge in [0.2, 0.25) is 0 Å². The van der Waals surface area contributed by atoms with Crippen LogP contribution in [0, 0.1) is 6.92 Å². The van der Waals surface area contributed by atoms with Crippen molar-refractivity contribution in [1.82, 2.24) is 14.7 Å². The molecule has 1 fully saturated rings. The highest BCUT2D eigenvalue weighted by Gasteiger charge is 2.28. The van der Waals surface area contributed by atoms with E-state index >= 15 is 0 Å². The number of nitrogens with two attached hydrogens (primary N) is 1. The van der Waals surface area contributed by atoms with E-state index in [1.807, 2.05) is 17.7 Å². The molecule has 1 aromatic rings. The minimum absolute atomic E-state index is 0.448. The molecule has 4 heteroatoms. The van der Waals surface area contributed by atoms with Crippen molar-refractivity contribution in [3.8, 4) is 0 Å². The minimum Gasteiger partial charge on any atom is -0.384 e. The van der Waals surface area contributed by atoms with Gasteiger partial charge >= 0.3 is 0 Å². The molecule has 0 amide bonds. The van der Waals surface area contributed by atoms with Gasteiger partial charge in [-0.1, -0.05) is 0 Å². The molecular formula is C10H18N4. The number of anilines is 1. The fourth-order valence-corrected chi connectivity index (χ4v) is 2.17. The molecule has 1 aliphatic rings. The van der Waals surface area contributed by atoms with E-state index in [2.05, 4.69) is 24.0 Å². The van der Waals surface area contributed by atoms with Crippen LogP contribution in [0.4, 0.5) is 5.82 Å². The predicted molar refractivity (Wildman–Crippen MR) is 57.1 cm³/mol. The van der Waals surface area contributed by atoms with Crippen LogP contribution in [0.15, 0.2) is 6.07 Å². The van der Waals surface area contributed by atoms with Crippen LogP contribution in [0.1, 0.15) is 25.1 Å². The summed E-state index contributed by atoms with van der Waals surface area (Å²) in [6.45, 7) is 5.27. The highest BCUT2D eigenvalue weighted by Crippen LogP contribution is 2.27. The van der Waals surface area contributed by atoms with Crippen LogP contribution in [0.5, 0.6) is 0 Å². The average molecular weight is 194 g/mol. The van der Waals surface area contributed by atoms with Crippen LogP contribution in [0.3, 0.4) is 0 Å². The molecule has 2 N–H and O–H groups in total. The number of aryl methyl sites for hydroxylation is 1. The number of rotatable bonds is 1. The van der Waals surface area contributed by atoms with Crippen molar-refractivity contribution in [2.24, 2.45) is 0 Å². The quantitative estimate of drug-likeness (QED) is 0.726. The van der Waals surface area contributed by atoms with Gasteiger partial charge < -0.3 is 10.6 Å². The number of nitrogens with zero attached hydrogens (tertiary/aromatic N) is 3. The lowest BCUT2D eigenvalue weighted by atomic mass is 10.2. The summed E-state index contributed by atoms with van der Waals surface area (Å²) in [5.74, 6) is 0.787. The van der Waals surface area contributed by atoms with Crippen LogP contribution >= 0.6 is 0 Å². The number of nitrogen functional groups attached to an aromatic ring is 1. The molecule has 1 saturated heterocycles. The number of aromatic nitrogens is 2. The van der Waals surface area contributed by atoms with E-state index in [9.17, 15) is 0 Å². The van der Waals surface area contributed by atoms with Gasteiger partial charge in [-0.05, 0) is 27.3 Å². The minimum atomic E-state index is 0.448. The Hall–Kier alpha value is -1.03. The maximum atomic E-state index is 5.89. The first-order valence-electron chi connectivity index (χ1n) is 5.10. The molecule has 2 atom stereocenters. The van der Waals surface area contributed by atoms with Crippen LogP contribution in [0.25, 0.3) is 0 Å². The van der Waals surface area contributed by atoms with Crippen molar-refractivity contribution < 1.29 is 0 Å². The van der Waals surface area contributed by atoms with Gasteiger partial charge in [-0.15, -0.1) is 0 Å². The zero-order valence-corrected chi connectivity index (χ0v) is 9.07. The van der Waals surface area contributed by atoms with Crippen molar-refractivity contribution in [3.05, 3.63) is 11.8 Å². The van der Waals surface area contributed by atoms with Gasteiger partial charge in [0.25, 0.3) is 0 Å². The SMILES string of the molecule is Cc1cc(N)n(C2CC(C)N(C)C2)n1. The van der Waals surface area contributed by atoms with E-state index in [1.165, 1.54) is 0 Å². The molecule has 4 nitrogen and oxygen atoms in total. The van der Waals surface area contributed by atoms with Crippen LogP contribution < -0.4 is 5.73 Å². The van der Waals surface area contributed by atoms with Gasteiger partial charge in [0.1, 0.15) is 5.82 Å². The summed E-state index contributed by atoms with van der Waals surface area (Å²) < 4.78 is 1.97. The molecule has 0 aromatic carbocycles. The summed E-state index contributed by atoms with van der Waals surface area (Å²) in [5, 5.41) is 4.43. The normalized spacial score (nSPS) is 28.5. The summed E-state index contributed by atoms with van der Waals surface area (Å²) in [5.41, 5.74) is 6.90. The summed E-state index contributed by atoms with van der Waals surface area (Å²) in [4.78, 5) is 2.35. The highest BCUT2D eigenvalue weighted by atomic mass is 15.4. The molecule has 1 aliphatic heterocycles. The molecule has 0 bridgehead atoms. The van der Waals surface area contributed by atoms with E-state index in [1.54, 1.807) is 0 Å². The third kappa shape index (κ3) is 1.50. The number of likely N-dealkylation sites (tertiary alicyclic amines) is 1. The lowest BCUT2D eigenvalue weighted by Gasteiger charge is -2.13. The Kier molecular flexibility index (Phi) is 2.23. The molecule has 0 saturated carbocycles. The van der Waals surface area contributed by atoms with E-state index in [-0.39, 0.29) is 0 Å². The molecule has 1 aromatic heterocycles. The maximum Gasteiger partial charge on any atom is 0.122 e. The Morgan fingerprint density at radius 3 is 2.71 bits per heavy atom. The Bertz CT molecular complexity index is 321. The summed E-state index contributed by atoms with van der Waals surface area (Å²) >= 11 is 0. The first kappa shape index (κ1) is 9.52. The number of hydrogen-bond donors (Lipinski definition) is 1. The Morgan fingerprint density at radius 1 is 1.57 bits per heavy atom. The Balaban J connectivity index is 2.20. The number of hydrogen-bond acceptors (Lipinski definition) is 3. The van der Waals surface area contributed by atoms with E-state index in [4.69, 9.17) is 5.73 Å². The molecule has 78 valence electrons. The summed E-state index contributed by atoms with van der Waals surface area (Å²) in [6.07, 6.45) is 1.14. The van der Waals surface area contributed by atoms with Crippen molar-refractivity contribution in [2.45, 2.75) is 32.4 Å². The largest absolute Gasteiger partial charge is 0.384 e. The van der Waals surface area contributed by atoms with Crippen molar-refractivity contribution in [3.63, 3.8) is 0 Å². The van der Waals surface area contributed by atoms with Gasteiger partial charge in [-0.3, -0.25) is 0 Å². The number of likely N-dealkylation sites (N-methyl/N-ethyl adjacent to an activating group) is 1. The van der Waals surface area contributed by atoms with Gasteiger partial charge in [0.05, 0.1) is 11.7 Å². The lowest BCUT2D eigenvalue weighted by molar-refractivity contribution is 0.323. The molecule has 0 radical (unpaired) electrons. The Morgan fingerprint density at radius 2 is 2.29 bits per heavy atom. The van der Waals surface area contributed by atoms with Crippen LogP contribution in [0.2, 0.25) is 0 Å². The first-order chi connectivity index (χ1) is 6.58. The third-order valence-corrected chi connectivity index (χ3v) is 3.10. The molecule has 14 heavy (non-hydrogen) atoms. The van der Waals surface area contributed by atoms with E-state index in [0.29, 0.717) is 12.1 Å². The molecular weight excluding hydrogens is 176 g/mol. The first-order valence-corrected chi connectivity index (χ1v) is 5.10. The second-order valence-electron chi connectivity index (χ2n) is 4.33. The predicted octanol–water partition coefficient (Wildman–Crippen LogP) is 1.04. The summed E-state index contributed by atoms with van der Waals surface area (Å²) in [7, 11) is 2.15. The highest BCUT2D eigenvalue weighted by molar-refractivity contribution is 5.31. The zero-order valence-electron chi connectivity index (χ0n) is 9.07. The van der Waals surface area contributed by atoms with E-state index < -0.39 is 0 Å². The monoisotopic (exact) mass is 194 g/mol. The average Bonchev–Trinajstić information content (AvgIpc) is 2.57. The lowest BCUT2D eigenvalue weighted by Crippen LogP contribution is -2.22. The smallest absolute Gasteiger partial charge is 0.122 e. The van der Waals surface area contributed by atoms with Gasteiger partial charge in [0, 0.05) is 18.7 Å². The van der Waals surface area contributed by atoms with Crippen molar-refractivity contribution >= 4 is 5.82 Å². The fraction of sp³-hybridized carbons (Fsp3) is 0.700. The third-order valence-electron chi connectivity index (χ3n) is 3.10. The molecule has 0 aliphatic carbocycles. The van der Waals surface area contributed by atoms with Gasteiger partial charge in [0.15, 0.2) is 0 Å². The molecule has 2 rings (SSSR count). The maximum absolute atomic E-state index is 5.89. The van der Waals surface area contributed by atoms with Gasteiger partial charge in [-0.25, -0.2) is 4.68 Å². The van der Waals surface area contributed by atoms with Crippen molar-refractivity contribution in [2.75, 3.05) is 19.3 Å². The standard InChI is InChI=1S/C10H18N4/c1-7-4-10(11)14(12-7)9-5-8(2)13(3)6-9/h4,8-9H,5-6,11H2,1-3H3. The molecule has 2 unspecified atom stereocenters. The van der Waals surface area contributed by atoms with Crippen molar-refractivity contribution in [1.29, 1.82) is 0 Å².